The summed E-state index contributed by atoms with van der Waals surface area (Å²) in [5.74, 6) is -1.01. The van der Waals surface area contributed by atoms with E-state index in [1.807, 2.05) is 11.4 Å². The van der Waals surface area contributed by atoms with E-state index in [0.29, 0.717) is 0 Å². The van der Waals surface area contributed by atoms with Gasteiger partial charge in [-0.25, -0.2) is 12.8 Å². The van der Waals surface area contributed by atoms with Gasteiger partial charge in [-0.3, -0.25) is 0 Å². The van der Waals surface area contributed by atoms with Crippen LogP contribution in [0.3, 0.4) is 0 Å². The zero-order valence-electron chi connectivity index (χ0n) is 10.8. The first-order chi connectivity index (χ1) is 9.75. The first-order valence-corrected chi connectivity index (χ1v) is 9.16. The molecule has 1 heterocycles. The molecule has 2 N–H and O–H groups in total. The Morgan fingerprint density at radius 3 is 2.76 bits per heavy atom. The lowest BCUT2D eigenvalue weighted by molar-refractivity contribution is 0.463. The summed E-state index contributed by atoms with van der Waals surface area (Å²) in [6.07, 6.45) is 0. The van der Waals surface area contributed by atoms with Crippen LogP contribution in [0.4, 0.5) is 10.1 Å². The summed E-state index contributed by atoms with van der Waals surface area (Å²) in [7, 11) is -2.65. The fourth-order valence-electron chi connectivity index (χ4n) is 1.66. The molecule has 0 aliphatic rings. The lowest BCUT2D eigenvalue weighted by atomic mass is 10.3. The number of halogens is 3. The van der Waals surface area contributed by atoms with Gasteiger partial charge in [0, 0.05) is 18.5 Å². The number of hydrogen-bond donors (Lipinski definition) is 1. The van der Waals surface area contributed by atoms with Gasteiger partial charge >= 0.3 is 0 Å². The van der Waals surface area contributed by atoms with Gasteiger partial charge in [0.2, 0.25) is 10.0 Å². The molecule has 9 heteroatoms. The predicted molar refractivity (Wildman–Crippen MR) is 86.5 cm³/mol. The van der Waals surface area contributed by atoms with Gasteiger partial charge in [0.15, 0.2) is 5.82 Å². The van der Waals surface area contributed by atoms with Gasteiger partial charge in [-0.05, 0) is 33.4 Å². The summed E-state index contributed by atoms with van der Waals surface area (Å²) in [5.41, 5.74) is 5.20. The fraction of sp³-hybridized carbons (Fsp3) is 0.167. The molecule has 4 nitrogen and oxygen atoms in total. The van der Waals surface area contributed by atoms with Crippen molar-refractivity contribution in [3.8, 4) is 0 Å². The zero-order chi connectivity index (χ0) is 15.8. The van der Waals surface area contributed by atoms with Gasteiger partial charge in [-0.2, -0.15) is 4.31 Å². The topological polar surface area (TPSA) is 63.4 Å². The summed E-state index contributed by atoms with van der Waals surface area (Å²) in [6.45, 7) is 0.146. The van der Waals surface area contributed by atoms with Crippen LogP contribution in [0.5, 0.6) is 0 Å². The third-order valence-electron chi connectivity index (χ3n) is 2.80. The molecule has 2 aromatic rings. The number of anilines is 1. The predicted octanol–water partition coefficient (Wildman–Crippen LogP) is 3.71. The Morgan fingerprint density at radius 1 is 1.52 bits per heavy atom. The van der Waals surface area contributed by atoms with Crippen LogP contribution in [-0.2, 0) is 16.6 Å². The van der Waals surface area contributed by atoms with Crippen molar-refractivity contribution in [2.45, 2.75) is 11.4 Å². The van der Waals surface area contributed by atoms with Crippen LogP contribution in [0.15, 0.2) is 32.9 Å². The number of nitrogens with two attached hydrogens (primary N) is 1. The van der Waals surface area contributed by atoms with E-state index in [1.54, 1.807) is 6.07 Å². The van der Waals surface area contributed by atoms with Crippen molar-refractivity contribution >= 4 is 54.6 Å². The SMILES string of the molecule is CN(Cc1cccs1)S(=O)(=O)c1cc(Cl)c(Br)c(N)c1F. The standard InChI is InChI=1S/C12H11BrClFN2O2S2/c1-17(6-7-3-2-4-20-7)21(18,19)9-5-8(14)10(13)12(16)11(9)15/h2-5H,6,16H2,1H3. The highest BCUT2D eigenvalue weighted by atomic mass is 79.9. The van der Waals surface area contributed by atoms with Crippen molar-refractivity contribution in [3.63, 3.8) is 0 Å². The molecule has 0 aliphatic carbocycles. The Labute approximate surface area is 139 Å². The molecule has 0 bridgehead atoms. The number of nitrogens with zero attached hydrogens (tertiary/aromatic N) is 1. The average Bonchev–Trinajstić information content (AvgIpc) is 2.93. The highest BCUT2D eigenvalue weighted by Gasteiger charge is 2.28. The van der Waals surface area contributed by atoms with Crippen LogP contribution in [0.25, 0.3) is 0 Å². The molecule has 0 radical (unpaired) electrons. The number of rotatable bonds is 4. The minimum absolute atomic E-state index is 0.0389. The summed E-state index contributed by atoms with van der Waals surface area (Å²) >= 11 is 10.3. The van der Waals surface area contributed by atoms with Gasteiger partial charge in [-0.15, -0.1) is 11.3 Å². The Morgan fingerprint density at radius 2 is 2.19 bits per heavy atom. The second-order valence-electron chi connectivity index (χ2n) is 4.24. The number of sulfonamides is 1. The molecule has 0 fully saturated rings. The van der Waals surface area contributed by atoms with Crippen molar-refractivity contribution in [1.29, 1.82) is 0 Å². The third kappa shape index (κ3) is 3.24. The lowest BCUT2D eigenvalue weighted by Gasteiger charge is -2.18. The first-order valence-electron chi connectivity index (χ1n) is 5.67. The second kappa shape index (κ2) is 6.21. The van der Waals surface area contributed by atoms with E-state index < -0.39 is 20.7 Å². The molecule has 0 saturated heterocycles. The molecule has 0 atom stereocenters. The molecule has 1 aromatic carbocycles. The van der Waals surface area contributed by atoms with E-state index >= 15 is 0 Å². The van der Waals surface area contributed by atoms with E-state index in [-0.39, 0.29) is 21.7 Å². The van der Waals surface area contributed by atoms with E-state index in [9.17, 15) is 12.8 Å². The number of nitrogen functional groups attached to an aromatic ring is 1. The van der Waals surface area contributed by atoms with Gasteiger partial charge in [0.25, 0.3) is 0 Å². The summed E-state index contributed by atoms with van der Waals surface area (Å²) in [4.78, 5) is 0.310. The van der Waals surface area contributed by atoms with Crippen molar-refractivity contribution in [2.24, 2.45) is 0 Å². The lowest BCUT2D eigenvalue weighted by Crippen LogP contribution is -2.27. The van der Waals surface area contributed by atoms with Crippen molar-refractivity contribution in [1.82, 2.24) is 4.31 Å². The van der Waals surface area contributed by atoms with Crippen LogP contribution in [0.1, 0.15) is 4.88 Å². The Hall–Kier alpha value is -0.670. The van der Waals surface area contributed by atoms with Crippen LogP contribution < -0.4 is 5.73 Å². The van der Waals surface area contributed by atoms with Crippen molar-refractivity contribution in [2.75, 3.05) is 12.8 Å². The Balaban J connectivity index is 2.44. The molecule has 0 saturated carbocycles. The smallest absolute Gasteiger partial charge is 0.246 e. The molecule has 0 unspecified atom stereocenters. The normalized spacial score (nSPS) is 12.0. The molecule has 0 amide bonds. The number of hydrogen-bond acceptors (Lipinski definition) is 4. The Kier molecular flexibility index (Phi) is 4.94. The van der Waals surface area contributed by atoms with Gasteiger partial charge in [0.1, 0.15) is 4.90 Å². The van der Waals surface area contributed by atoms with Crippen LogP contribution >= 0.6 is 38.9 Å². The first kappa shape index (κ1) is 16.7. The van der Waals surface area contributed by atoms with Crippen LogP contribution in [0, 0.1) is 5.82 Å². The summed E-state index contributed by atoms with van der Waals surface area (Å²) in [6, 6.07) is 4.67. The molecule has 2 rings (SSSR count). The summed E-state index contributed by atoms with van der Waals surface area (Å²) in [5, 5.41) is 1.88. The maximum Gasteiger partial charge on any atom is 0.246 e. The summed E-state index contributed by atoms with van der Waals surface area (Å²) < 4.78 is 40.3. The molecule has 0 spiro atoms. The minimum Gasteiger partial charge on any atom is -0.395 e. The molecule has 21 heavy (non-hydrogen) atoms. The highest BCUT2D eigenvalue weighted by molar-refractivity contribution is 9.10. The Bertz CT molecular complexity index is 766. The zero-order valence-corrected chi connectivity index (χ0v) is 14.8. The number of benzene rings is 1. The van der Waals surface area contributed by atoms with Gasteiger partial charge in [-0.1, -0.05) is 17.7 Å². The van der Waals surface area contributed by atoms with E-state index in [2.05, 4.69) is 15.9 Å². The quantitative estimate of drug-likeness (QED) is 0.614. The maximum atomic E-state index is 14.2. The van der Waals surface area contributed by atoms with Crippen LogP contribution in [-0.4, -0.2) is 19.8 Å². The third-order valence-corrected chi connectivity index (χ3v) is 6.85. The minimum atomic E-state index is -4.03. The highest BCUT2D eigenvalue weighted by Crippen LogP contribution is 2.35. The van der Waals surface area contributed by atoms with E-state index in [4.69, 9.17) is 17.3 Å². The van der Waals surface area contributed by atoms with Crippen molar-refractivity contribution in [3.05, 3.63) is 43.8 Å². The molecular weight excluding hydrogens is 403 g/mol. The number of thiophene rings is 1. The van der Waals surface area contributed by atoms with Gasteiger partial charge in [0.05, 0.1) is 15.2 Å². The van der Waals surface area contributed by atoms with E-state index in [1.165, 1.54) is 18.4 Å². The van der Waals surface area contributed by atoms with E-state index in [0.717, 1.165) is 15.2 Å². The maximum absolute atomic E-state index is 14.2. The largest absolute Gasteiger partial charge is 0.395 e. The van der Waals surface area contributed by atoms with Crippen molar-refractivity contribution < 1.29 is 12.8 Å². The molecular formula is C12H11BrClFN2O2S2. The molecule has 114 valence electrons. The molecule has 1 aromatic heterocycles. The monoisotopic (exact) mass is 412 g/mol. The fourth-order valence-corrected chi connectivity index (χ4v) is 4.31. The second-order valence-corrected chi connectivity index (χ2v) is 8.48. The average molecular weight is 414 g/mol. The van der Waals surface area contributed by atoms with Crippen LogP contribution in [0.2, 0.25) is 5.02 Å². The van der Waals surface area contributed by atoms with Gasteiger partial charge < -0.3 is 5.73 Å². The molecule has 0 aliphatic heterocycles.